The third-order valence-corrected chi connectivity index (χ3v) is 15.4. The van der Waals surface area contributed by atoms with Gasteiger partial charge in [-0.1, -0.05) is 212 Å². The van der Waals surface area contributed by atoms with Crippen molar-refractivity contribution in [2.24, 2.45) is 0 Å². The SMILES string of the molecule is O=C([O-])c1cccc(CCc2ccccc2C(=O)[O-])c1.O=C([O-])c1cccc(CCc2ccccc2C(=O)[O-])c1.O=C([O-])c1cccc(CCc2ccccc2C(=O)[O-])c1.O=C([O-])c1cccc(CCc2ccccc2C(=O)[O-])c1.O=C([O-])c1cccc(CCc2ccccc2C(=O)[O-])c1.[Na+].[Na+].[Na+].[Na+].[Na+].[Na+].[Na+].[Na+].[Na+].[Na+]. The molecular formula is C80H60Na10O20. The number of carboxylic acid groups (broad SMARTS) is 10. The Morgan fingerprint density at radius 1 is 0.164 bits per heavy atom. The maximum Gasteiger partial charge on any atom is 1.00 e. The number of carboxylic acids is 10. The van der Waals surface area contributed by atoms with Crippen molar-refractivity contribution in [3.8, 4) is 0 Å². The van der Waals surface area contributed by atoms with Crippen molar-refractivity contribution in [2.75, 3.05) is 0 Å². The number of carbonyl (C=O) groups excluding carboxylic acids is 10. The molecule has 0 saturated carbocycles. The number of benzene rings is 10. The molecule has 10 aromatic rings. The average molecular weight is 1570 g/mol. The fourth-order valence-electron chi connectivity index (χ4n) is 10.4. The third-order valence-electron chi connectivity index (χ3n) is 15.4. The zero-order chi connectivity index (χ0) is 72.7. The fraction of sp³-hybridized carbons (Fsp3) is 0.125. The third kappa shape index (κ3) is 40.7. The number of hydrogen-bond acceptors (Lipinski definition) is 20. The van der Waals surface area contributed by atoms with Crippen LogP contribution in [0.25, 0.3) is 0 Å². The molecule has 10 aromatic carbocycles. The Morgan fingerprint density at radius 2 is 0.300 bits per heavy atom. The second kappa shape index (κ2) is 62.2. The van der Waals surface area contributed by atoms with Crippen LogP contribution in [0.3, 0.4) is 0 Å². The first-order chi connectivity index (χ1) is 47.9. The summed E-state index contributed by atoms with van der Waals surface area (Å²) in [5.74, 6) is -12.1. The summed E-state index contributed by atoms with van der Waals surface area (Å²) in [6.45, 7) is 0. The van der Waals surface area contributed by atoms with Gasteiger partial charge in [0, 0.05) is 27.8 Å². The molecule has 0 aliphatic rings. The van der Waals surface area contributed by atoms with Gasteiger partial charge in [-0.25, -0.2) is 0 Å². The molecule has 0 unspecified atom stereocenters. The number of aryl methyl sites for hydroxylation is 10. The Labute approximate surface area is 858 Å². The molecule has 0 amide bonds. The Balaban J connectivity index is -0.000000408. The van der Waals surface area contributed by atoms with Gasteiger partial charge in [0.05, 0.1) is 59.7 Å². The molecule has 110 heavy (non-hydrogen) atoms. The predicted octanol–water partition coefficient (Wildman–Crippen LogP) is -29.0. The molecule has 0 bridgehead atoms. The molecule has 510 valence electrons. The monoisotopic (exact) mass is 1570 g/mol. The maximum absolute atomic E-state index is 11.0. The van der Waals surface area contributed by atoms with Crippen molar-refractivity contribution in [2.45, 2.75) is 64.2 Å². The molecule has 0 N–H and O–H groups in total. The average Bonchev–Trinajstić information content (AvgIpc) is 0.872. The van der Waals surface area contributed by atoms with E-state index in [1.807, 2.05) is 0 Å². The zero-order valence-corrected chi connectivity index (χ0v) is 83.3. The van der Waals surface area contributed by atoms with E-state index in [2.05, 4.69) is 0 Å². The van der Waals surface area contributed by atoms with Crippen LogP contribution < -0.4 is 347 Å². The van der Waals surface area contributed by atoms with Gasteiger partial charge in [-0.05, 0) is 178 Å². The summed E-state index contributed by atoms with van der Waals surface area (Å²) in [5, 5.41) is 109. The van der Waals surface area contributed by atoms with E-state index in [1.54, 1.807) is 152 Å². The molecule has 0 aliphatic carbocycles. The molecule has 30 heteroatoms. The Hall–Kier alpha value is -3.10. The Kier molecular flexibility index (Phi) is 65.3. The van der Waals surface area contributed by atoms with Crippen LogP contribution in [0.2, 0.25) is 0 Å². The van der Waals surface area contributed by atoms with E-state index in [-0.39, 0.29) is 351 Å². The van der Waals surface area contributed by atoms with Gasteiger partial charge in [0.2, 0.25) is 0 Å². The molecule has 20 nitrogen and oxygen atoms in total. The van der Waals surface area contributed by atoms with E-state index in [0.29, 0.717) is 92.0 Å². The maximum atomic E-state index is 11.0. The van der Waals surface area contributed by atoms with Gasteiger partial charge in [0.1, 0.15) is 0 Å². The molecule has 0 aromatic heterocycles. The second-order valence-electron chi connectivity index (χ2n) is 22.2. The Morgan fingerprint density at radius 3 is 0.427 bits per heavy atom. The quantitative estimate of drug-likeness (QED) is 0.0480. The number of carbonyl (C=O) groups is 10. The number of rotatable bonds is 25. The van der Waals surface area contributed by atoms with Gasteiger partial charge in [0.25, 0.3) is 0 Å². The van der Waals surface area contributed by atoms with E-state index in [0.717, 1.165) is 27.8 Å². The summed E-state index contributed by atoms with van der Waals surface area (Å²) in [6.07, 6.45) is 5.24. The van der Waals surface area contributed by atoms with E-state index in [9.17, 15) is 99.0 Å². The summed E-state index contributed by atoms with van der Waals surface area (Å²) in [6, 6.07) is 65.4. The molecule has 10 rings (SSSR count). The Bertz CT molecular complexity index is 3950. The van der Waals surface area contributed by atoms with Crippen molar-refractivity contribution >= 4 is 59.7 Å². The minimum absolute atomic E-state index is 0. The van der Waals surface area contributed by atoms with Crippen molar-refractivity contribution in [1.29, 1.82) is 0 Å². The molecule has 0 saturated heterocycles. The van der Waals surface area contributed by atoms with Crippen LogP contribution in [0.15, 0.2) is 243 Å². The van der Waals surface area contributed by atoms with Crippen molar-refractivity contribution in [3.63, 3.8) is 0 Å². The topological polar surface area (TPSA) is 401 Å². The number of hydrogen-bond donors (Lipinski definition) is 0. The first kappa shape index (κ1) is 115. The smallest absolute Gasteiger partial charge is 0.545 e. The van der Waals surface area contributed by atoms with Crippen molar-refractivity contribution in [3.05, 3.63) is 354 Å². The largest absolute Gasteiger partial charge is 1.00 e. The minimum Gasteiger partial charge on any atom is -0.545 e. The first-order valence-corrected chi connectivity index (χ1v) is 30.9. The predicted molar refractivity (Wildman–Crippen MR) is 345 cm³/mol. The molecule has 0 radical (unpaired) electrons. The summed E-state index contributed by atoms with van der Waals surface area (Å²) in [5.41, 5.74) is 8.91. The van der Waals surface area contributed by atoms with Gasteiger partial charge in [-0.3, -0.25) is 0 Å². The number of aromatic carboxylic acids is 10. The zero-order valence-electron chi connectivity index (χ0n) is 63.3. The molecule has 0 fully saturated rings. The van der Waals surface area contributed by atoms with Gasteiger partial charge in [-0.15, -0.1) is 0 Å². The molecule has 0 spiro atoms. The summed E-state index contributed by atoms with van der Waals surface area (Å²) >= 11 is 0. The van der Waals surface area contributed by atoms with Crippen LogP contribution in [-0.2, 0) is 64.2 Å². The van der Waals surface area contributed by atoms with Crippen molar-refractivity contribution < 1.29 is 395 Å². The van der Waals surface area contributed by atoms with E-state index in [1.165, 1.54) is 91.0 Å². The van der Waals surface area contributed by atoms with Gasteiger partial charge in [0.15, 0.2) is 0 Å². The van der Waals surface area contributed by atoms with Crippen LogP contribution in [-0.4, -0.2) is 59.7 Å². The second-order valence-corrected chi connectivity index (χ2v) is 22.2. The van der Waals surface area contributed by atoms with E-state index >= 15 is 0 Å². The van der Waals surface area contributed by atoms with Crippen LogP contribution in [0, 0.1) is 0 Å². The van der Waals surface area contributed by atoms with Gasteiger partial charge >= 0.3 is 296 Å². The normalized spacial score (nSPS) is 9.27. The fourth-order valence-corrected chi connectivity index (χ4v) is 10.4. The molecule has 0 heterocycles. The molecular weight excluding hydrogens is 1510 g/mol. The van der Waals surface area contributed by atoms with Gasteiger partial charge in [-0.2, -0.15) is 0 Å². The van der Waals surface area contributed by atoms with Gasteiger partial charge < -0.3 is 99.0 Å². The van der Waals surface area contributed by atoms with Crippen LogP contribution in [0.5, 0.6) is 0 Å². The molecule has 0 atom stereocenters. The van der Waals surface area contributed by atoms with Crippen LogP contribution >= 0.6 is 0 Å². The van der Waals surface area contributed by atoms with E-state index < -0.39 is 59.7 Å². The summed E-state index contributed by atoms with van der Waals surface area (Å²) in [7, 11) is 0. The van der Waals surface area contributed by atoms with Crippen LogP contribution in [0.1, 0.15) is 159 Å². The van der Waals surface area contributed by atoms with E-state index in [4.69, 9.17) is 0 Å². The van der Waals surface area contributed by atoms with Crippen molar-refractivity contribution in [1.82, 2.24) is 0 Å². The molecule has 0 aliphatic heterocycles. The first-order valence-electron chi connectivity index (χ1n) is 30.9. The summed E-state index contributed by atoms with van der Waals surface area (Å²) < 4.78 is 0. The standard InChI is InChI=1S/5C16H14O4.10Na/c5*17-15(18)13-6-3-4-11(10-13)8-9-12-5-1-2-7-14(12)16(19)20;;;;;;;;;;/h5*1-7,10H,8-9H2,(H,17,18)(H,19,20);;;;;;;;;;/q;;;;;10*+1/p-10. The van der Waals surface area contributed by atoms with Crippen LogP contribution in [0.4, 0.5) is 0 Å². The minimum atomic E-state index is -1.22. The summed E-state index contributed by atoms with van der Waals surface area (Å²) in [4.78, 5) is 109.